The molecule has 0 amide bonds. The van der Waals surface area contributed by atoms with Crippen LogP contribution in [-0.2, 0) is 4.74 Å². The molecule has 1 N–H and O–H groups in total. The fourth-order valence-electron chi connectivity index (χ4n) is 4.35. The summed E-state index contributed by atoms with van der Waals surface area (Å²) in [6.45, 7) is 5.35. The molecule has 6 nitrogen and oxygen atoms in total. The Hall–Kier alpha value is -2.78. The van der Waals surface area contributed by atoms with Crippen molar-refractivity contribution in [1.82, 2.24) is 20.1 Å². The van der Waals surface area contributed by atoms with Gasteiger partial charge in [-0.1, -0.05) is 11.2 Å². The smallest absolute Gasteiger partial charge is 0.141 e. The van der Waals surface area contributed by atoms with Crippen molar-refractivity contribution in [2.45, 2.75) is 19.8 Å². The molecule has 0 radical (unpaired) electrons. The molecule has 0 saturated carbocycles. The molecule has 0 aliphatic carbocycles. The minimum absolute atomic E-state index is 0.316. The van der Waals surface area contributed by atoms with Crippen LogP contribution in [0.2, 0.25) is 0 Å². The molecule has 2 aromatic carbocycles. The van der Waals surface area contributed by atoms with E-state index in [1.807, 2.05) is 26.1 Å². The van der Waals surface area contributed by atoms with Crippen molar-refractivity contribution in [2.75, 3.05) is 13.2 Å². The molecule has 1 aliphatic rings. The Labute approximate surface area is 192 Å². The normalized spacial score (nSPS) is 14.4. The van der Waals surface area contributed by atoms with Gasteiger partial charge in [0.05, 0.1) is 41.4 Å². The molecule has 4 heterocycles. The number of halogens is 1. The quantitative estimate of drug-likeness (QED) is 0.305. The maximum absolute atomic E-state index is 5.47. The largest absolute Gasteiger partial charge is 0.380 e. The van der Waals surface area contributed by atoms with E-state index in [0.29, 0.717) is 19.1 Å². The lowest BCUT2D eigenvalue weighted by Crippen LogP contribution is -2.26. The van der Waals surface area contributed by atoms with Crippen molar-refractivity contribution in [3.63, 3.8) is 0 Å². The van der Waals surface area contributed by atoms with Crippen LogP contribution in [0.15, 0.2) is 47.1 Å². The molecule has 0 spiro atoms. The number of pyridine rings is 1. The second-order valence-corrected chi connectivity index (χ2v) is 9.13. The Morgan fingerprint density at radius 2 is 1.97 bits per heavy atom. The van der Waals surface area contributed by atoms with Crippen molar-refractivity contribution >= 4 is 44.5 Å². The lowest BCUT2D eigenvalue weighted by atomic mass is 9.94. The zero-order valence-corrected chi connectivity index (χ0v) is 19.2. The van der Waals surface area contributed by atoms with E-state index in [0.717, 1.165) is 65.0 Å². The molecular weight excluding hydrogens is 503 g/mol. The van der Waals surface area contributed by atoms with Gasteiger partial charge >= 0.3 is 0 Å². The number of H-pyrrole nitrogens is 1. The Morgan fingerprint density at radius 1 is 1.10 bits per heavy atom. The molecule has 154 valence electrons. The molecule has 1 fully saturated rings. The van der Waals surface area contributed by atoms with Crippen LogP contribution in [0.4, 0.5) is 0 Å². The number of nitrogens with zero attached hydrogens (tertiary/aromatic N) is 3. The number of fused-ring (bicyclic) bond motifs is 2. The average Bonchev–Trinajstić information content (AvgIpc) is 3.28. The average molecular weight is 522 g/mol. The minimum Gasteiger partial charge on any atom is -0.380 e. The summed E-state index contributed by atoms with van der Waals surface area (Å²) in [6.07, 6.45) is 1.83. The first-order valence-corrected chi connectivity index (χ1v) is 11.3. The van der Waals surface area contributed by atoms with Crippen molar-refractivity contribution in [3.8, 4) is 22.3 Å². The summed E-state index contributed by atoms with van der Waals surface area (Å²) in [7, 11) is 0. The van der Waals surface area contributed by atoms with Gasteiger partial charge in [-0.3, -0.25) is 4.98 Å². The molecule has 0 bridgehead atoms. The molecule has 31 heavy (non-hydrogen) atoms. The Kier molecular flexibility index (Phi) is 4.36. The molecule has 0 atom stereocenters. The van der Waals surface area contributed by atoms with Crippen LogP contribution >= 0.6 is 22.6 Å². The minimum atomic E-state index is 0.316. The highest BCUT2D eigenvalue weighted by molar-refractivity contribution is 14.1. The third kappa shape index (κ3) is 2.98. The third-order valence-electron chi connectivity index (χ3n) is 5.96. The van der Waals surface area contributed by atoms with Crippen LogP contribution in [0.25, 0.3) is 44.2 Å². The lowest BCUT2D eigenvalue weighted by molar-refractivity contribution is 0.00531. The van der Waals surface area contributed by atoms with Gasteiger partial charge in [-0.2, -0.15) is 0 Å². The van der Waals surface area contributed by atoms with Gasteiger partial charge in [0.1, 0.15) is 11.6 Å². The van der Waals surface area contributed by atoms with Crippen molar-refractivity contribution < 1.29 is 9.26 Å². The third-order valence-corrected chi connectivity index (χ3v) is 6.85. The number of aromatic amines is 1. The first-order valence-electron chi connectivity index (χ1n) is 10.2. The van der Waals surface area contributed by atoms with E-state index in [2.05, 4.69) is 68.0 Å². The number of aromatic nitrogens is 4. The fraction of sp³-hybridized carbons (Fsp3) is 0.208. The number of rotatable bonds is 3. The maximum Gasteiger partial charge on any atom is 0.141 e. The summed E-state index contributed by atoms with van der Waals surface area (Å²) in [5.74, 6) is 2.10. The van der Waals surface area contributed by atoms with Gasteiger partial charge in [-0.05, 0) is 72.3 Å². The monoisotopic (exact) mass is 522 g/mol. The summed E-state index contributed by atoms with van der Waals surface area (Å²) >= 11 is 2.41. The summed E-state index contributed by atoms with van der Waals surface area (Å²) < 4.78 is 12.0. The zero-order chi connectivity index (χ0) is 21.1. The van der Waals surface area contributed by atoms with E-state index in [1.165, 1.54) is 0 Å². The Morgan fingerprint density at radius 3 is 2.71 bits per heavy atom. The predicted molar refractivity (Wildman–Crippen MR) is 128 cm³/mol. The second kappa shape index (κ2) is 7.13. The number of imidazole rings is 1. The number of benzene rings is 2. The number of nitrogens with one attached hydrogen (secondary N) is 1. The lowest BCUT2D eigenvalue weighted by Gasteiger charge is -2.23. The summed E-state index contributed by atoms with van der Waals surface area (Å²) in [6, 6.07) is 12.7. The molecule has 7 heteroatoms. The molecule has 6 rings (SSSR count). The van der Waals surface area contributed by atoms with Gasteiger partial charge in [0.25, 0.3) is 0 Å². The summed E-state index contributed by atoms with van der Waals surface area (Å²) in [5.41, 5.74) is 8.14. The van der Waals surface area contributed by atoms with E-state index in [4.69, 9.17) is 14.2 Å². The Bertz CT molecular complexity index is 1450. The number of ether oxygens (including phenoxy) is 1. The highest BCUT2D eigenvalue weighted by Crippen LogP contribution is 2.40. The van der Waals surface area contributed by atoms with Gasteiger partial charge in [-0.15, -0.1) is 0 Å². The standard InChI is InChI=1S/C24H19IN4O2/c1-12-21(13(2)31-29-12)14-8-17(22-16-4-3-7-26-19(16)6-5-18(22)25)23-20(9-14)27-24(28-23)15-10-30-11-15/h3-9,15H,10-11H2,1-2H3,(H,27,28). The van der Waals surface area contributed by atoms with E-state index in [9.17, 15) is 0 Å². The molecule has 5 aromatic rings. The molecule has 3 aromatic heterocycles. The predicted octanol–water partition coefficient (Wildman–Crippen LogP) is 5.77. The Balaban J connectivity index is 1.70. The van der Waals surface area contributed by atoms with Crippen LogP contribution < -0.4 is 0 Å². The van der Waals surface area contributed by atoms with Gasteiger partial charge < -0.3 is 14.2 Å². The van der Waals surface area contributed by atoms with Crippen LogP contribution in [-0.4, -0.2) is 33.3 Å². The molecule has 1 aliphatic heterocycles. The SMILES string of the molecule is Cc1noc(C)c1-c1cc(-c2c(I)ccc3ncccc23)c2nc(C3COC3)[nH]c2c1. The van der Waals surface area contributed by atoms with Gasteiger partial charge in [0, 0.05) is 31.8 Å². The van der Waals surface area contributed by atoms with Crippen molar-refractivity contribution in [1.29, 1.82) is 0 Å². The highest BCUT2D eigenvalue weighted by Gasteiger charge is 2.26. The van der Waals surface area contributed by atoms with Crippen molar-refractivity contribution in [2.24, 2.45) is 0 Å². The van der Waals surface area contributed by atoms with Crippen LogP contribution in [0, 0.1) is 17.4 Å². The van der Waals surface area contributed by atoms with Crippen LogP contribution in [0.3, 0.4) is 0 Å². The van der Waals surface area contributed by atoms with Crippen LogP contribution in [0.1, 0.15) is 23.2 Å². The number of hydrogen-bond donors (Lipinski definition) is 1. The number of hydrogen-bond acceptors (Lipinski definition) is 5. The first kappa shape index (κ1) is 18.9. The topological polar surface area (TPSA) is 76.8 Å². The zero-order valence-electron chi connectivity index (χ0n) is 17.1. The van der Waals surface area contributed by atoms with E-state index >= 15 is 0 Å². The summed E-state index contributed by atoms with van der Waals surface area (Å²) in [5, 5.41) is 5.28. The van der Waals surface area contributed by atoms with E-state index < -0.39 is 0 Å². The van der Waals surface area contributed by atoms with E-state index in [1.54, 1.807) is 0 Å². The van der Waals surface area contributed by atoms with Gasteiger partial charge in [-0.25, -0.2) is 4.98 Å². The molecule has 0 unspecified atom stereocenters. The maximum atomic E-state index is 5.47. The molecule has 1 saturated heterocycles. The first-order chi connectivity index (χ1) is 15.1. The van der Waals surface area contributed by atoms with Crippen LogP contribution in [0.5, 0.6) is 0 Å². The fourth-order valence-corrected chi connectivity index (χ4v) is 5.11. The van der Waals surface area contributed by atoms with E-state index in [-0.39, 0.29) is 0 Å². The second-order valence-electron chi connectivity index (χ2n) is 7.97. The van der Waals surface area contributed by atoms with Gasteiger partial charge in [0.2, 0.25) is 0 Å². The van der Waals surface area contributed by atoms with Gasteiger partial charge in [0.15, 0.2) is 0 Å². The molecular formula is C24H19IN4O2. The van der Waals surface area contributed by atoms with Crippen molar-refractivity contribution in [3.05, 3.63) is 63.4 Å². The number of aryl methyl sites for hydroxylation is 2. The highest BCUT2D eigenvalue weighted by atomic mass is 127. The summed E-state index contributed by atoms with van der Waals surface area (Å²) in [4.78, 5) is 13.2.